The maximum Gasteiger partial charge on any atom is 0.271 e. The molecule has 24 heavy (non-hydrogen) atoms. The maximum atomic E-state index is 12.4. The minimum Gasteiger partial charge on any atom is -0.320 e. The zero-order valence-corrected chi connectivity index (χ0v) is 13.4. The van der Waals surface area contributed by atoms with E-state index in [9.17, 15) is 14.9 Å². The van der Waals surface area contributed by atoms with E-state index in [-0.39, 0.29) is 16.4 Å². The molecule has 0 spiro atoms. The van der Waals surface area contributed by atoms with Gasteiger partial charge in [0.25, 0.3) is 11.6 Å². The molecule has 0 unspecified atom stereocenters. The molecule has 1 heterocycles. The molecule has 0 aliphatic heterocycles. The molecule has 0 fully saturated rings. The van der Waals surface area contributed by atoms with Gasteiger partial charge in [-0.1, -0.05) is 17.7 Å². The van der Waals surface area contributed by atoms with Crippen LogP contribution in [0, 0.1) is 17.0 Å². The molecule has 7 heteroatoms. The normalized spacial score (nSPS) is 10.6. The number of aromatic nitrogens is 1. The lowest BCUT2D eigenvalue weighted by Gasteiger charge is -2.08. The topological polar surface area (TPSA) is 85.1 Å². The molecule has 0 aliphatic carbocycles. The third kappa shape index (κ3) is 3.18. The smallest absolute Gasteiger partial charge is 0.271 e. The van der Waals surface area contributed by atoms with Crippen LogP contribution in [0.15, 0.2) is 48.5 Å². The van der Waals surface area contributed by atoms with E-state index >= 15 is 0 Å². The number of carbonyl (C=O) groups excluding carboxylic acids is 1. The number of amides is 1. The number of nitro groups is 1. The van der Waals surface area contributed by atoms with Gasteiger partial charge in [0, 0.05) is 28.8 Å². The Hall–Kier alpha value is -2.99. The number of rotatable bonds is 3. The van der Waals surface area contributed by atoms with E-state index in [0.717, 1.165) is 16.6 Å². The number of carbonyl (C=O) groups is 1. The summed E-state index contributed by atoms with van der Waals surface area (Å²) in [5, 5.41) is 14.5. The van der Waals surface area contributed by atoms with Crippen LogP contribution in [0.1, 0.15) is 16.1 Å². The summed E-state index contributed by atoms with van der Waals surface area (Å²) in [5.41, 5.74) is 2.14. The summed E-state index contributed by atoms with van der Waals surface area (Å²) in [6.07, 6.45) is 0. The molecule has 1 N–H and O–H groups in total. The van der Waals surface area contributed by atoms with Crippen LogP contribution in [-0.2, 0) is 0 Å². The van der Waals surface area contributed by atoms with Crippen molar-refractivity contribution in [3.8, 4) is 0 Å². The number of halogens is 1. The molecule has 0 bridgehead atoms. The lowest BCUT2D eigenvalue weighted by molar-refractivity contribution is -0.384. The molecule has 0 saturated carbocycles. The minimum atomic E-state index is -0.546. The number of benzene rings is 2. The largest absolute Gasteiger partial charge is 0.320 e. The van der Waals surface area contributed by atoms with Crippen molar-refractivity contribution in [2.45, 2.75) is 6.92 Å². The van der Waals surface area contributed by atoms with Crippen molar-refractivity contribution >= 4 is 39.8 Å². The summed E-state index contributed by atoms with van der Waals surface area (Å²) < 4.78 is 0. The number of non-ortho nitro benzene ring substituents is 1. The molecule has 6 nitrogen and oxygen atoms in total. The van der Waals surface area contributed by atoms with Crippen molar-refractivity contribution in [2.24, 2.45) is 0 Å². The average Bonchev–Trinajstić information content (AvgIpc) is 2.56. The van der Waals surface area contributed by atoms with E-state index < -0.39 is 10.8 Å². The maximum absolute atomic E-state index is 12.4. The van der Waals surface area contributed by atoms with E-state index in [4.69, 9.17) is 11.6 Å². The summed E-state index contributed by atoms with van der Waals surface area (Å²) in [6, 6.07) is 12.7. The zero-order chi connectivity index (χ0) is 17.3. The van der Waals surface area contributed by atoms with Crippen LogP contribution >= 0.6 is 11.6 Å². The van der Waals surface area contributed by atoms with Gasteiger partial charge in [0.15, 0.2) is 0 Å². The van der Waals surface area contributed by atoms with Crippen LogP contribution in [0.25, 0.3) is 10.9 Å². The Balaban J connectivity index is 1.91. The Kier molecular flexibility index (Phi) is 4.14. The van der Waals surface area contributed by atoms with E-state index in [1.165, 1.54) is 18.2 Å². The molecule has 3 aromatic rings. The Morgan fingerprint density at radius 2 is 1.96 bits per heavy atom. The molecule has 2 aromatic carbocycles. The summed E-state index contributed by atoms with van der Waals surface area (Å²) in [5.74, 6) is -0.403. The van der Waals surface area contributed by atoms with Gasteiger partial charge in [0.2, 0.25) is 0 Å². The second-order valence-corrected chi connectivity index (χ2v) is 5.64. The lowest BCUT2D eigenvalue weighted by atomic mass is 10.1. The molecule has 0 radical (unpaired) electrons. The van der Waals surface area contributed by atoms with Crippen LogP contribution in [0.2, 0.25) is 5.02 Å². The number of aryl methyl sites for hydroxylation is 1. The summed E-state index contributed by atoms with van der Waals surface area (Å²) >= 11 is 6.00. The van der Waals surface area contributed by atoms with Crippen molar-refractivity contribution in [3.63, 3.8) is 0 Å². The average molecular weight is 342 g/mol. The zero-order valence-electron chi connectivity index (χ0n) is 12.6. The Morgan fingerprint density at radius 3 is 2.71 bits per heavy atom. The Morgan fingerprint density at radius 1 is 1.17 bits per heavy atom. The Labute approximate surface area is 142 Å². The van der Waals surface area contributed by atoms with Crippen molar-refractivity contribution in [1.82, 2.24) is 4.98 Å². The van der Waals surface area contributed by atoms with Crippen molar-refractivity contribution < 1.29 is 9.72 Å². The first-order chi connectivity index (χ1) is 11.4. The fourth-order valence-corrected chi connectivity index (χ4v) is 2.45. The summed E-state index contributed by atoms with van der Waals surface area (Å²) in [7, 11) is 0. The predicted octanol–water partition coefficient (Wildman–Crippen LogP) is 4.36. The van der Waals surface area contributed by atoms with Gasteiger partial charge in [-0.2, -0.15) is 0 Å². The molecule has 1 aromatic heterocycles. The van der Waals surface area contributed by atoms with E-state index in [0.29, 0.717) is 5.56 Å². The van der Waals surface area contributed by atoms with Crippen LogP contribution in [0.3, 0.4) is 0 Å². The highest BCUT2D eigenvalue weighted by molar-refractivity contribution is 6.34. The second kappa shape index (κ2) is 6.25. The van der Waals surface area contributed by atoms with Gasteiger partial charge in [-0.25, -0.2) is 0 Å². The first kappa shape index (κ1) is 15.9. The number of hydrogen-bond donors (Lipinski definition) is 1. The minimum absolute atomic E-state index is 0.145. The number of pyridine rings is 1. The molecule has 1 amide bonds. The predicted molar refractivity (Wildman–Crippen MR) is 92.5 cm³/mol. The monoisotopic (exact) mass is 341 g/mol. The lowest BCUT2D eigenvalue weighted by Crippen LogP contribution is -2.12. The van der Waals surface area contributed by atoms with Gasteiger partial charge in [-0.05, 0) is 37.3 Å². The first-order valence-corrected chi connectivity index (χ1v) is 7.44. The molecule has 0 atom stereocenters. The number of nitro benzene ring substituents is 1. The third-order valence-electron chi connectivity index (χ3n) is 3.50. The molecular weight excluding hydrogens is 330 g/mol. The number of hydrogen-bond acceptors (Lipinski definition) is 4. The quantitative estimate of drug-likeness (QED) is 0.566. The third-order valence-corrected chi connectivity index (χ3v) is 3.83. The van der Waals surface area contributed by atoms with E-state index in [1.54, 1.807) is 18.2 Å². The molecule has 120 valence electrons. The first-order valence-electron chi connectivity index (χ1n) is 7.07. The van der Waals surface area contributed by atoms with Crippen LogP contribution in [0.4, 0.5) is 11.4 Å². The molecule has 0 aliphatic rings. The van der Waals surface area contributed by atoms with Crippen LogP contribution in [0.5, 0.6) is 0 Å². The fourth-order valence-electron chi connectivity index (χ4n) is 2.29. The standard InChI is InChI=1S/C17H12ClN3O3/c1-10-2-3-11-8-12(4-7-15(11)19-10)17(22)20-16-9-13(21(23)24)5-6-14(16)18/h2-9H,1H3,(H,20,22). The van der Waals surface area contributed by atoms with Gasteiger partial charge >= 0.3 is 0 Å². The molecule has 3 rings (SSSR count). The van der Waals surface area contributed by atoms with Crippen LogP contribution in [-0.4, -0.2) is 15.8 Å². The number of anilines is 1. The van der Waals surface area contributed by atoms with Crippen molar-refractivity contribution in [3.05, 3.63) is 74.9 Å². The summed E-state index contributed by atoms with van der Waals surface area (Å²) in [4.78, 5) is 27.1. The van der Waals surface area contributed by atoms with Gasteiger partial charge in [0.1, 0.15) is 0 Å². The highest BCUT2D eigenvalue weighted by Gasteiger charge is 2.13. The van der Waals surface area contributed by atoms with Gasteiger partial charge in [-0.3, -0.25) is 19.9 Å². The highest BCUT2D eigenvalue weighted by atomic mass is 35.5. The Bertz CT molecular complexity index is 972. The molecular formula is C17H12ClN3O3. The van der Waals surface area contributed by atoms with Crippen LogP contribution < -0.4 is 5.32 Å². The number of nitrogens with one attached hydrogen (secondary N) is 1. The number of fused-ring (bicyclic) bond motifs is 1. The number of nitrogens with zero attached hydrogens (tertiary/aromatic N) is 2. The van der Waals surface area contributed by atoms with E-state index in [2.05, 4.69) is 10.3 Å². The fraction of sp³-hybridized carbons (Fsp3) is 0.0588. The second-order valence-electron chi connectivity index (χ2n) is 5.24. The highest BCUT2D eigenvalue weighted by Crippen LogP contribution is 2.27. The van der Waals surface area contributed by atoms with Crippen molar-refractivity contribution in [2.75, 3.05) is 5.32 Å². The van der Waals surface area contributed by atoms with Gasteiger partial charge in [0.05, 0.1) is 21.2 Å². The van der Waals surface area contributed by atoms with Gasteiger partial charge in [-0.15, -0.1) is 0 Å². The van der Waals surface area contributed by atoms with Crippen molar-refractivity contribution in [1.29, 1.82) is 0 Å². The SMILES string of the molecule is Cc1ccc2cc(C(=O)Nc3cc([N+](=O)[O-])ccc3Cl)ccc2n1. The molecule has 0 saturated heterocycles. The summed E-state index contributed by atoms with van der Waals surface area (Å²) in [6.45, 7) is 1.89. The van der Waals surface area contributed by atoms with E-state index in [1.807, 2.05) is 19.1 Å². The van der Waals surface area contributed by atoms with Gasteiger partial charge < -0.3 is 5.32 Å².